The molecule has 4 rings (SSSR count). The van der Waals surface area contributed by atoms with Crippen molar-refractivity contribution in [1.82, 2.24) is 10.3 Å². The van der Waals surface area contributed by atoms with Crippen molar-refractivity contribution in [3.05, 3.63) is 92.8 Å². The van der Waals surface area contributed by atoms with Gasteiger partial charge in [-0.15, -0.1) is 0 Å². The second-order valence-electron chi connectivity index (χ2n) is 7.61. The number of hydrogen-bond donors (Lipinski definition) is 2. The van der Waals surface area contributed by atoms with Crippen LogP contribution in [0.2, 0.25) is 5.02 Å². The maximum atomic E-state index is 13.9. The van der Waals surface area contributed by atoms with Crippen molar-refractivity contribution in [2.45, 2.75) is 18.8 Å². The van der Waals surface area contributed by atoms with Crippen LogP contribution in [0, 0.1) is 11.6 Å². The van der Waals surface area contributed by atoms with E-state index in [1.807, 2.05) is 0 Å². The summed E-state index contributed by atoms with van der Waals surface area (Å²) >= 11 is 6.21. The summed E-state index contributed by atoms with van der Waals surface area (Å²) in [6, 6.07) is 5.23. The van der Waals surface area contributed by atoms with Crippen LogP contribution in [0.4, 0.5) is 27.6 Å². The number of hydrogen-bond acceptors (Lipinski definition) is 4. The van der Waals surface area contributed by atoms with Crippen molar-refractivity contribution in [3.63, 3.8) is 0 Å². The second-order valence-corrected chi connectivity index (χ2v) is 8.02. The number of ether oxygens (including phenoxy) is 1. The van der Waals surface area contributed by atoms with Crippen molar-refractivity contribution in [2.24, 2.45) is 0 Å². The van der Waals surface area contributed by atoms with E-state index in [-0.39, 0.29) is 45.9 Å². The molecule has 0 spiro atoms. The van der Waals surface area contributed by atoms with Crippen LogP contribution in [0.5, 0.6) is 0 Å². The van der Waals surface area contributed by atoms with Crippen LogP contribution in [0.15, 0.2) is 42.5 Å². The molecular weight excluding hydrogens is 497 g/mol. The van der Waals surface area contributed by atoms with Crippen LogP contribution >= 0.6 is 11.6 Å². The molecule has 0 saturated carbocycles. The van der Waals surface area contributed by atoms with Gasteiger partial charge in [-0.3, -0.25) is 9.59 Å². The number of halogens is 6. The van der Waals surface area contributed by atoms with Gasteiger partial charge < -0.3 is 15.4 Å². The number of pyridine rings is 1. The summed E-state index contributed by atoms with van der Waals surface area (Å²) in [5.74, 6) is -3.62. The summed E-state index contributed by atoms with van der Waals surface area (Å²) < 4.78 is 72.1. The van der Waals surface area contributed by atoms with Gasteiger partial charge in [0.1, 0.15) is 17.3 Å². The van der Waals surface area contributed by atoms with Gasteiger partial charge in [-0.1, -0.05) is 11.6 Å². The first kappa shape index (κ1) is 24.6. The van der Waals surface area contributed by atoms with Gasteiger partial charge in [0.15, 0.2) is 0 Å². The number of aromatic nitrogens is 1. The highest BCUT2D eigenvalue weighted by atomic mass is 35.5. The summed E-state index contributed by atoms with van der Waals surface area (Å²) in [5, 5.41) is 5.14. The van der Waals surface area contributed by atoms with Gasteiger partial charge in [0, 0.05) is 28.8 Å². The SMILES string of the molecule is COCc1cc(NC(=O)c2cc(F)cc(C(F)(F)F)c2)c2c(n1)C(=O)N[C@H]2c1cc(F)ccc1Cl. The molecule has 182 valence electrons. The number of alkyl halides is 3. The fraction of sp³-hybridized carbons (Fsp3) is 0.174. The molecule has 1 aromatic heterocycles. The maximum Gasteiger partial charge on any atom is 0.416 e. The number of nitrogens with one attached hydrogen (secondary N) is 2. The van der Waals surface area contributed by atoms with Crippen molar-refractivity contribution >= 4 is 29.1 Å². The predicted molar refractivity (Wildman–Crippen MR) is 115 cm³/mol. The third kappa shape index (κ3) is 4.96. The molecule has 1 aliphatic rings. The van der Waals surface area contributed by atoms with Crippen molar-refractivity contribution < 1.29 is 36.3 Å². The molecule has 6 nitrogen and oxygen atoms in total. The molecule has 0 radical (unpaired) electrons. The average molecular weight is 512 g/mol. The highest BCUT2D eigenvalue weighted by Gasteiger charge is 2.37. The van der Waals surface area contributed by atoms with Crippen molar-refractivity contribution in [1.29, 1.82) is 0 Å². The lowest BCUT2D eigenvalue weighted by Crippen LogP contribution is -2.21. The quantitative estimate of drug-likeness (QED) is 0.458. The minimum atomic E-state index is -4.88. The Morgan fingerprint density at radius 2 is 1.89 bits per heavy atom. The number of nitrogens with zero attached hydrogens (tertiary/aromatic N) is 1. The van der Waals surface area contributed by atoms with E-state index in [9.17, 15) is 31.5 Å². The van der Waals surface area contributed by atoms with Gasteiger partial charge in [0.2, 0.25) is 0 Å². The van der Waals surface area contributed by atoms with Gasteiger partial charge in [-0.2, -0.15) is 13.2 Å². The van der Waals surface area contributed by atoms with Gasteiger partial charge in [0.05, 0.1) is 29.6 Å². The molecule has 0 bridgehead atoms. The Labute approximate surface area is 200 Å². The summed E-state index contributed by atoms with van der Waals surface area (Å²) in [6.07, 6.45) is -4.88. The Hall–Kier alpha value is -3.57. The normalized spacial score (nSPS) is 15.1. The lowest BCUT2D eigenvalue weighted by Gasteiger charge is -2.18. The minimum absolute atomic E-state index is 0.0199. The predicted octanol–water partition coefficient (Wildman–Crippen LogP) is 5.26. The first-order valence-corrected chi connectivity index (χ1v) is 10.3. The molecule has 0 unspecified atom stereocenters. The van der Waals surface area contributed by atoms with Crippen LogP contribution in [0.25, 0.3) is 0 Å². The van der Waals surface area contributed by atoms with E-state index in [1.54, 1.807) is 0 Å². The summed E-state index contributed by atoms with van der Waals surface area (Å²) in [4.78, 5) is 29.8. The highest BCUT2D eigenvalue weighted by molar-refractivity contribution is 6.31. The Morgan fingerprint density at radius 3 is 2.57 bits per heavy atom. The van der Waals surface area contributed by atoms with E-state index in [1.165, 1.54) is 19.2 Å². The zero-order chi connectivity index (χ0) is 25.5. The molecule has 0 aliphatic carbocycles. The average Bonchev–Trinajstić information content (AvgIpc) is 3.11. The molecule has 12 heteroatoms. The third-order valence-electron chi connectivity index (χ3n) is 5.19. The van der Waals surface area contributed by atoms with Crippen LogP contribution in [-0.2, 0) is 17.5 Å². The minimum Gasteiger partial charge on any atom is -0.378 e. The van der Waals surface area contributed by atoms with E-state index >= 15 is 0 Å². The summed E-state index contributed by atoms with van der Waals surface area (Å²) in [5.41, 5.74) is -1.58. The molecule has 2 aromatic carbocycles. The van der Waals surface area contributed by atoms with Gasteiger partial charge in [0.25, 0.3) is 11.8 Å². The van der Waals surface area contributed by atoms with E-state index in [2.05, 4.69) is 15.6 Å². The Bertz CT molecular complexity index is 1350. The van der Waals surface area contributed by atoms with Crippen LogP contribution in [0.3, 0.4) is 0 Å². The van der Waals surface area contributed by atoms with Crippen molar-refractivity contribution in [2.75, 3.05) is 12.4 Å². The second kappa shape index (κ2) is 9.23. The van der Waals surface area contributed by atoms with Crippen LogP contribution in [-0.4, -0.2) is 23.9 Å². The van der Waals surface area contributed by atoms with Crippen LogP contribution < -0.4 is 10.6 Å². The first-order chi connectivity index (χ1) is 16.5. The van der Waals surface area contributed by atoms with E-state index in [0.717, 1.165) is 12.1 Å². The lowest BCUT2D eigenvalue weighted by molar-refractivity contribution is -0.137. The molecular formula is C23H15ClF5N3O3. The molecule has 1 aliphatic heterocycles. The number of amides is 2. The molecule has 2 amide bonds. The van der Waals surface area contributed by atoms with E-state index < -0.39 is 46.8 Å². The topological polar surface area (TPSA) is 80.3 Å². The zero-order valence-corrected chi connectivity index (χ0v) is 18.5. The van der Waals surface area contributed by atoms with Crippen LogP contribution in [0.1, 0.15) is 49.3 Å². The molecule has 3 aromatic rings. The smallest absolute Gasteiger partial charge is 0.378 e. The van der Waals surface area contributed by atoms with Gasteiger partial charge >= 0.3 is 6.18 Å². The summed E-state index contributed by atoms with van der Waals surface area (Å²) in [7, 11) is 1.37. The van der Waals surface area contributed by atoms with E-state index in [4.69, 9.17) is 16.3 Å². The molecule has 2 N–H and O–H groups in total. The van der Waals surface area contributed by atoms with Gasteiger partial charge in [-0.05, 0) is 42.5 Å². The number of carbonyl (C=O) groups excluding carboxylic acids is 2. The number of carbonyl (C=O) groups is 2. The Balaban J connectivity index is 1.82. The first-order valence-electron chi connectivity index (χ1n) is 9.95. The number of benzene rings is 2. The molecule has 0 saturated heterocycles. The standard InChI is InChI=1S/C23H15ClF5N3O3/c1-35-9-14-8-17(31-21(33)10-4-11(23(27,28)29)6-13(26)5-10)18-19(32-22(34)20(18)30-14)15-7-12(25)2-3-16(15)24/h2-8,19H,9H2,1H3,(H,32,34)(H,30,31,33)/t19-/m0/s1. The summed E-state index contributed by atoms with van der Waals surface area (Å²) in [6.45, 7) is -0.0625. The number of anilines is 1. The van der Waals surface area contributed by atoms with Crippen molar-refractivity contribution in [3.8, 4) is 0 Å². The number of methoxy groups -OCH3 is 1. The number of rotatable bonds is 5. The van der Waals surface area contributed by atoms with Gasteiger partial charge in [-0.25, -0.2) is 13.8 Å². The monoisotopic (exact) mass is 511 g/mol. The fourth-order valence-corrected chi connectivity index (χ4v) is 3.94. The number of fused-ring (bicyclic) bond motifs is 1. The Kier molecular flexibility index (Phi) is 6.48. The molecule has 2 heterocycles. The molecule has 0 fully saturated rings. The zero-order valence-electron chi connectivity index (χ0n) is 17.8. The third-order valence-corrected chi connectivity index (χ3v) is 5.53. The Morgan fingerprint density at radius 1 is 1.14 bits per heavy atom. The fourth-order valence-electron chi connectivity index (χ4n) is 3.72. The highest BCUT2D eigenvalue weighted by Crippen LogP contribution is 2.39. The molecule has 35 heavy (non-hydrogen) atoms. The lowest BCUT2D eigenvalue weighted by atomic mass is 9.98. The largest absolute Gasteiger partial charge is 0.416 e. The molecule has 1 atom stereocenters. The maximum absolute atomic E-state index is 13.9. The van der Waals surface area contributed by atoms with E-state index in [0.29, 0.717) is 12.1 Å².